The number of hydrogen-bond donors (Lipinski definition) is 3. The molecule has 0 aliphatic heterocycles. The van der Waals surface area contributed by atoms with Crippen LogP contribution in [-0.2, 0) is 4.79 Å². The number of aliphatic carboxylic acids is 1. The normalized spacial score (nSPS) is 15.3. The molecule has 0 aliphatic rings. The van der Waals surface area contributed by atoms with Crippen LogP contribution in [-0.4, -0.2) is 34.9 Å². The van der Waals surface area contributed by atoms with Gasteiger partial charge in [-0.15, -0.1) is 0 Å². The van der Waals surface area contributed by atoms with E-state index in [0.717, 1.165) is 6.42 Å². The molecule has 0 heterocycles. The topological polar surface area (TPSA) is 69.6 Å². The second-order valence-electron chi connectivity index (χ2n) is 4.77. The first kappa shape index (κ1) is 14.4. The lowest BCUT2D eigenvalue weighted by Gasteiger charge is -2.25. The maximum atomic E-state index is 10.2. The molecule has 15 heavy (non-hydrogen) atoms. The number of carbonyl (C=O) groups is 1. The summed E-state index contributed by atoms with van der Waals surface area (Å²) < 4.78 is 0. The van der Waals surface area contributed by atoms with Crippen LogP contribution in [0, 0.1) is 5.92 Å². The zero-order valence-corrected chi connectivity index (χ0v) is 9.92. The monoisotopic (exact) mass is 217 g/mol. The van der Waals surface area contributed by atoms with Gasteiger partial charge in [-0.1, -0.05) is 13.8 Å². The maximum Gasteiger partial charge on any atom is 0.303 e. The Labute approximate surface area is 91.7 Å². The van der Waals surface area contributed by atoms with Crippen molar-refractivity contribution in [2.24, 2.45) is 5.92 Å². The van der Waals surface area contributed by atoms with Gasteiger partial charge in [0, 0.05) is 13.0 Å². The SMILES string of the molecule is CC(C)CC(C)(O)CNCCCC(=O)O. The Bertz CT molecular complexity index is 190. The molecule has 1 unspecified atom stereocenters. The van der Waals surface area contributed by atoms with E-state index in [-0.39, 0.29) is 6.42 Å². The smallest absolute Gasteiger partial charge is 0.303 e. The molecule has 0 rings (SSSR count). The van der Waals surface area contributed by atoms with Crippen molar-refractivity contribution < 1.29 is 15.0 Å². The summed E-state index contributed by atoms with van der Waals surface area (Å²) in [4.78, 5) is 10.2. The van der Waals surface area contributed by atoms with Gasteiger partial charge in [-0.05, 0) is 32.2 Å². The zero-order valence-electron chi connectivity index (χ0n) is 9.92. The molecule has 0 aromatic heterocycles. The van der Waals surface area contributed by atoms with Crippen LogP contribution in [0.3, 0.4) is 0 Å². The molecule has 0 fully saturated rings. The summed E-state index contributed by atoms with van der Waals surface area (Å²) in [7, 11) is 0. The lowest BCUT2D eigenvalue weighted by atomic mass is 9.94. The number of carboxylic acid groups (broad SMARTS) is 1. The Kier molecular flexibility index (Phi) is 6.52. The molecule has 4 heteroatoms. The first-order chi connectivity index (χ1) is 6.83. The molecule has 90 valence electrons. The molecule has 0 spiro atoms. The summed E-state index contributed by atoms with van der Waals surface area (Å²) in [5.41, 5.74) is -0.697. The molecule has 0 aliphatic carbocycles. The molecule has 0 saturated heterocycles. The third-order valence-electron chi connectivity index (χ3n) is 2.10. The van der Waals surface area contributed by atoms with Gasteiger partial charge < -0.3 is 15.5 Å². The van der Waals surface area contributed by atoms with E-state index >= 15 is 0 Å². The van der Waals surface area contributed by atoms with Crippen LogP contribution in [0.25, 0.3) is 0 Å². The van der Waals surface area contributed by atoms with Gasteiger partial charge in [0.15, 0.2) is 0 Å². The molecule has 0 saturated carbocycles. The Morgan fingerprint density at radius 2 is 2.07 bits per heavy atom. The van der Waals surface area contributed by atoms with Gasteiger partial charge in [0.2, 0.25) is 0 Å². The Morgan fingerprint density at radius 3 is 2.53 bits per heavy atom. The fourth-order valence-corrected chi connectivity index (χ4v) is 1.67. The molecule has 3 N–H and O–H groups in total. The van der Waals surface area contributed by atoms with Gasteiger partial charge in [0.1, 0.15) is 0 Å². The van der Waals surface area contributed by atoms with Gasteiger partial charge in [0.05, 0.1) is 5.60 Å². The highest BCUT2D eigenvalue weighted by molar-refractivity contribution is 5.66. The number of hydrogen-bond acceptors (Lipinski definition) is 3. The minimum absolute atomic E-state index is 0.180. The van der Waals surface area contributed by atoms with E-state index in [2.05, 4.69) is 19.2 Å². The fourth-order valence-electron chi connectivity index (χ4n) is 1.67. The quantitative estimate of drug-likeness (QED) is 0.535. The molecule has 0 radical (unpaired) electrons. The van der Waals surface area contributed by atoms with Gasteiger partial charge in [-0.25, -0.2) is 0 Å². The third-order valence-corrected chi connectivity index (χ3v) is 2.10. The van der Waals surface area contributed by atoms with Crippen molar-refractivity contribution >= 4 is 5.97 Å². The van der Waals surface area contributed by atoms with Crippen LogP contribution in [0.15, 0.2) is 0 Å². The van der Waals surface area contributed by atoms with E-state index in [1.165, 1.54) is 0 Å². The highest BCUT2D eigenvalue weighted by Crippen LogP contribution is 2.14. The lowest BCUT2D eigenvalue weighted by molar-refractivity contribution is -0.137. The number of aliphatic hydroxyl groups is 1. The van der Waals surface area contributed by atoms with E-state index in [0.29, 0.717) is 25.4 Å². The Hall–Kier alpha value is -0.610. The van der Waals surface area contributed by atoms with Crippen molar-refractivity contribution in [3.8, 4) is 0 Å². The molecule has 0 aromatic rings. The molecular weight excluding hydrogens is 194 g/mol. The summed E-state index contributed by atoms with van der Waals surface area (Å²) in [5, 5.41) is 21.4. The lowest BCUT2D eigenvalue weighted by Crippen LogP contribution is -2.39. The summed E-state index contributed by atoms with van der Waals surface area (Å²) in [6, 6.07) is 0. The van der Waals surface area contributed by atoms with Crippen LogP contribution >= 0.6 is 0 Å². The second kappa shape index (κ2) is 6.80. The third kappa shape index (κ3) is 9.69. The van der Waals surface area contributed by atoms with Crippen molar-refractivity contribution in [1.29, 1.82) is 0 Å². The largest absolute Gasteiger partial charge is 0.481 e. The number of carboxylic acids is 1. The van der Waals surface area contributed by atoms with Crippen molar-refractivity contribution in [2.45, 2.75) is 45.6 Å². The van der Waals surface area contributed by atoms with Crippen LogP contribution in [0.4, 0.5) is 0 Å². The van der Waals surface area contributed by atoms with Crippen molar-refractivity contribution in [3.63, 3.8) is 0 Å². The molecular formula is C11H23NO3. The van der Waals surface area contributed by atoms with Crippen LogP contribution in [0.1, 0.15) is 40.0 Å². The summed E-state index contributed by atoms with van der Waals surface area (Å²) in [6.45, 7) is 7.10. The Morgan fingerprint density at radius 1 is 1.47 bits per heavy atom. The van der Waals surface area contributed by atoms with E-state index < -0.39 is 11.6 Å². The predicted octanol–water partition coefficient (Wildman–Crippen LogP) is 1.24. The first-order valence-corrected chi connectivity index (χ1v) is 5.48. The first-order valence-electron chi connectivity index (χ1n) is 5.48. The Balaban J connectivity index is 3.52. The summed E-state index contributed by atoms with van der Waals surface area (Å²) in [5.74, 6) is -0.313. The van der Waals surface area contributed by atoms with Gasteiger partial charge in [0.25, 0.3) is 0 Å². The van der Waals surface area contributed by atoms with Crippen LogP contribution < -0.4 is 5.32 Å². The highest BCUT2D eigenvalue weighted by Gasteiger charge is 2.20. The average Bonchev–Trinajstić information content (AvgIpc) is 1.99. The predicted molar refractivity (Wildman–Crippen MR) is 59.8 cm³/mol. The molecule has 0 bridgehead atoms. The zero-order chi connectivity index (χ0) is 11.9. The van der Waals surface area contributed by atoms with Gasteiger partial charge in [-0.3, -0.25) is 4.79 Å². The fraction of sp³-hybridized carbons (Fsp3) is 0.909. The van der Waals surface area contributed by atoms with Crippen LogP contribution in [0.2, 0.25) is 0 Å². The standard InChI is InChI=1S/C11H23NO3/c1-9(2)7-11(3,15)8-12-6-4-5-10(13)14/h9,12,15H,4-8H2,1-3H3,(H,13,14). The van der Waals surface area contributed by atoms with Crippen molar-refractivity contribution in [3.05, 3.63) is 0 Å². The van der Waals surface area contributed by atoms with Crippen LogP contribution in [0.5, 0.6) is 0 Å². The molecule has 0 amide bonds. The second-order valence-corrected chi connectivity index (χ2v) is 4.77. The minimum Gasteiger partial charge on any atom is -0.481 e. The molecule has 1 atom stereocenters. The highest BCUT2D eigenvalue weighted by atomic mass is 16.4. The van der Waals surface area contributed by atoms with Gasteiger partial charge in [-0.2, -0.15) is 0 Å². The maximum absolute atomic E-state index is 10.2. The number of nitrogens with one attached hydrogen (secondary N) is 1. The summed E-state index contributed by atoms with van der Waals surface area (Å²) >= 11 is 0. The summed E-state index contributed by atoms with van der Waals surface area (Å²) in [6.07, 6.45) is 1.53. The van der Waals surface area contributed by atoms with Crippen molar-refractivity contribution in [2.75, 3.05) is 13.1 Å². The van der Waals surface area contributed by atoms with E-state index in [9.17, 15) is 9.90 Å². The van der Waals surface area contributed by atoms with E-state index in [4.69, 9.17) is 5.11 Å². The van der Waals surface area contributed by atoms with Gasteiger partial charge >= 0.3 is 5.97 Å². The number of rotatable bonds is 8. The van der Waals surface area contributed by atoms with E-state index in [1.54, 1.807) is 6.92 Å². The average molecular weight is 217 g/mol. The molecule has 0 aromatic carbocycles. The van der Waals surface area contributed by atoms with E-state index in [1.807, 2.05) is 0 Å². The van der Waals surface area contributed by atoms with Crippen molar-refractivity contribution in [1.82, 2.24) is 5.32 Å². The minimum atomic E-state index is -0.772. The molecule has 4 nitrogen and oxygen atoms in total.